The first-order valence-corrected chi connectivity index (χ1v) is 8.01. The number of fused-ring (bicyclic) bond motifs is 1. The summed E-state index contributed by atoms with van der Waals surface area (Å²) in [6, 6.07) is 10.1. The lowest BCUT2D eigenvalue weighted by Crippen LogP contribution is -2.31. The quantitative estimate of drug-likeness (QED) is 0.863. The van der Waals surface area contributed by atoms with Crippen LogP contribution in [0.2, 0.25) is 0 Å². The molecule has 1 aromatic rings. The maximum absolute atomic E-state index is 3.91. The van der Waals surface area contributed by atoms with Gasteiger partial charge in [-0.05, 0) is 22.0 Å². The van der Waals surface area contributed by atoms with Gasteiger partial charge in [0.15, 0.2) is 0 Å². The van der Waals surface area contributed by atoms with Crippen molar-refractivity contribution in [3.05, 3.63) is 35.4 Å². The molecule has 1 aromatic carbocycles. The highest BCUT2D eigenvalue weighted by Crippen LogP contribution is 2.63. The first-order valence-electron chi connectivity index (χ1n) is 6.86. The highest BCUT2D eigenvalue weighted by Gasteiger charge is 2.65. The summed E-state index contributed by atoms with van der Waals surface area (Å²) in [7, 11) is 0. The minimum atomic E-state index is 0.421. The minimum absolute atomic E-state index is 0.421. The van der Waals surface area contributed by atoms with Crippen molar-refractivity contribution in [3.8, 4) is 0 Å². The predicted octanol–water partition coefficient (Wildman–Crippen LogP) is 4.00. The molecule has 1 aliphatic carbocycles. The maximum Gasteiger partial charge on any atom is 0.0417 e. The largest absolute Gasteiger partial charge is 0.305 e. The van der Waals surface area contributed by atoms with Crippen LogP contribution in [0.3, 0.4) is 0 Å². The van der Waals surface area contributed by atoms with Crippen molar-refractivity contribution in [1.29, 1.82) is 0 Å². The molecule has 1 heterocycles. The molecule has 0 bridgehead atoms. The molecule has 0 saturated heterocycles. The Balaban J connectivity index is 1.80. The lowest BCUT2D eigenvalue weighted by molar-refractivity contribution is 0.457. The Morgan fingerprint density at radius 3 is 2.44 bits per heavy atom. The SMILES string of the molecule is CC1(C)C(NC2CSCc3ccccc32)C1(C)C. The Bertz CT molecular complexity index is 450. The summed E-state index contributed by atoms with van der Waals surface area (Å²) in [4.78, 5) is 0. The molecule has 0 amide bonds. The minimum Gasteiger partial charge on any atom is -0.305 e. The number of hydrogen-bond acceptors (Lipinski definition) is 2. The third kappa shape index (κ3) is 1.73. The number of rotatable bonds is 2. The Morgan fingerprint density at radius 1 is 1.11 bits per heavy atom. The molecule has 1 aliphatic heterocycles. The van der Waals surface area contributed by atoms with Crippen molar-refractivity contribution in [3.63, 3.8) is 0 Å². The van der Waals surface area contributed by atoms with Crippen LogP contribution in [0, 0.1) is 10.8 Å². The summed E-state index contributed by atoms with van der Waals surface area (Å²) in [5.74, 6) is 2.38. The molecule has 1 saturated carbocycles. The zero-order chi connectivity index (χ0) is 13.0. The molecule has 0 radical (unpaired) electrons. The van der Waals surface area contributed by atoms with Crippen molar-refractivity contribution >= 4 is 11.8 Å². The van der Waals surface area contributed by atoms with Crippen LogP contribution in [0.4, 0.5) is 0 Å². The lowest BCUT2D eigenvalue weighted by atomic mass is 10.0. The average molecular weight is 261 g/mol. The van der Waals surface area contributed by atoms with Gasteiger partial charge in [-0.1, -0.05) is 52.0 Å². The van der Waals surface area contributed by atoms with Gasteiger partial charge < -0.3 is 5.32 Å². The van der Waals surface area contributed by atoms with E-state index in [1.54, 1.807) is 0 Å². The monoisotopic (exact) mass is 261 g/mol. The fraction of sp³-hybridized carbons (Fsp3) is 0.625. The summed E-state index contributed by atoms with van der Waals surface area (Å²) in [6.07, 6.45) is 0. The second kappa shape index (κ2) is 4.01. The Labute approximate surface area is 115 Å². The van der Waals surface area contributed by atoms with Gasteiger partial charge in [0.25, 0.3) is 0 Å². The van der Waals surface area contributed by atoms with E-state index in [2.05, 4.69) is 69.0 Å². The molecule has 2 heteroatoms. The predicted molar refractivity (Wildman–Crippen MR) is 79.8 cm³/mol. The van der Waals surface area contributed by atoms with Crippen LogP contribution in [-0.4, -0.2) is 11.8 Å². The van der Waals surface area contributed by atoms with Crippen molar-refractivity contribution < 1.29 is 0 Å². The van der Waals surface area contributed by atoms with Gasteiger partial charge in [-0.25, -0.2) is 0 Å². The second-order valence-electron chi connectivity index (χ2n) is 6.81. The van der Waals surface area contributed by atoms with Crippen LogP contribution in [0.15, 0.2) is 24.3 Å². The van der Waals surface area contributed by atoms with E-state index >= 15 is 0 Å². The summed E-state index contributed by atoms with van der Waals surface area (Å²) in [6.45, 7) is 9.53. The fourth-order valence-electron chi connectivity index (χ4n) is 3.33. The van der Waals surface area contributed by atoms with Gasteiger partial charge in [-0.3, -0.25) is 0 Å². The van der Waals surface area contributed by atoms with Crippen molar-refractivity contribution in [1.82, 2.24) is 5.32 Å². The number of hydrogen-bond donors (Lipinski definition) is 1. The zero-order valence-electron chi connectivity index (χ0n) is 11.8. The van der Waals surface area contributed by atoms with Gasteiger partial charge in [-0.15, -0.1) is 0 Å². The second-order valence-corrected chi connectivity index (χ2v) is 7.84. The molecular weight excluding hydrogens is 238 g/mol. The highest BCUT2D eigenvalue weighted by molar-refractivity contribution is 7.98. The van der Waals surface area contributed by atoms with Gasteiger partial charge in [0.05, 0.1) is 0 Å². The van der Waals surface area contributed by atoms with E-state index in [1.165, 1.54) is 22.6 Å². The topological polar surface area (TPSA) is 12.0 Å². The van der Waals surface area contributed by atoms with E-state index in [4.69, 9.17) is 0 Å². The van der Waals surface area contributed by atoms with Crippen LogP contribution < -0.4 is 5.32 Å². The summed E-state index contributed by atoms with van der Waals surface area (Å²) >= 11 is 2.05. The van der Waals surface area contributed by atoms with Crippen LogP contribution >= 0.6 is 11.8 Å². The summed E-state index contributed by atoms with van der Waals surface area (Å²) in [5, 5.41) is 3.91. The molecule has 98 valence electrons. The van der Waals surface area contributed by atoms with E-state index in [0.29, 0.717) is 22.9 Å². The van der Waals surface area contributed by atoms with Gasteiger partial charge >= 0.3 is 0 Å². The molecule has 1 atom stereocenters. The fourth-order valence-corrected chi connectivity index (χ4v) is 4.45. The Hall–Kier alpha value is -0.470. The summed E-state index contributed by atoms with van der Waals surface area (Å²) in [5.41, 5.74) is 3.88. The van der Waals surface area contributed by atoms with E-state index < -0.39 is 0 Å². The van der Waals surface area contributed by atoms with Crippen LogP contribution in [0.5, 0.6) is 0 Å². The average Bonchev–Trinajstić information content (AvgIpc) is 2.72. The molecule has 2 aliphatic rings. The van der Waals surface area contributed by atoms with Gasteiger partial charge in [0, 0.05) is 23.6 Å². The van der Waals surface area contributed by atoms with E-state index in [0.717, 1.165) is 0 Å². The number of nitrogens with one attached hydrogen (secondary N) is 1. The molecule has 1 nitrogen and oxygen atoms in total. The van der Waals surface area contributed by atoms with Crippen LogP contribution in [-0.2, 0) is 5.75 Å². The van der Waals surface area contributed by atoms with Crippen LogP contribution in [0.25, 0.3) is 0 Å². The van der Waals surface area contributed by atoms with E-state index in [1.807, 2.05) is 0 Å². The number of thioether (sulfide) groups is 1. The molecule has 3 rings (SSSR count). The maximum atomic E-state index is 3.91. The van der Waals surface area contributed by atoms with Crippen LogP contribution in [0.1, 0.15) is 44.9 Å². The van der Waals surface area contributed by atoms with E-state index in [-0.39, 0.29) is 0 Å². The van der Waals surface area contributed by atoms with Gasteiger partial charge in [0.1, 0.15) is 0 Å². The summed E-state index contributed by atoms with van der Waals surface area (Å²) < 4.78 is 0. The lowest BCUT2D eigenvalue weighted by Gasteiger charge is -2.27. The number of benzene rings is 1. The molecular formula is C16H23NS. The van der Waals surface area contributed by atoms with Crippen molar-refractivity contribution in [2.75, 3.05) is 5.75 Å². The zero-order valence-corrected chi connectivity index (χ0v) is 12.6. The molecule has 1 fully saturated rings. The highest BCUT2D eigenvalue weighted by atomic mass is 32.2. The van der Waals surface area contributed by atoms with Gasteiger partial charge in [0.2, 0.25) is 0 Å². The Kier molecular flexibility index (Phi) is 2.80. The Morgan fingerprint density at radius 2 is 1.78 bits per heavy atom. The third-order valence-corrected chi connectivity index (χ3v) is 6.45. The van der Waals surface area contributed by atoms with E-state index in [9.17, 15) is 0 Å². The smallest absolute Gasteiger partial charge is 0.0417 e. The molecule has 0 aromatic heterocycles. The first kappa shape index (κ1) is 12.6. The molecule has 1 unspecified atom stereocenters. The third-order valence-electron chi connectivity index (χ3n) is 5.36. The standard InChI is InChI=1S/C16H23NS/c1-15(2)14(16(15,3)4)17-13-10-18-9-11-7-5-6-8-12(11)13/h5-8,13-14,17H,9-10H2,1-4H3. The van der Waals surface area contributed by atoms with Crippen molar-refractivity contribution in [2.24, 2.45) is 10.8 Å². The van der Waals surface area contributed by atoms with Gasteiger partial charge in [-0.2, -0.15) is 11.8 Å². The molecule has 18 heavy (non-hydrogen) atoms. The first-order chi connectivity index (χ1) is 8.44. The van der Waals surface area contributed by atoms with Crippen molar-refractivity contribution in [2.45, 2.75) is 45.5 Å². The normalized spacial score (nSPS) is 28.8. The molecule has 1 N–H and O–H groups in total. The molecule has 0 spiro atoms.